The smallest absolute Gasteiger partial charge is 0.380 e. The fourth-order valence-corrected chi connectivity index (χ4v) is 4.45. The molecule has 6 nitrogen and oxygen atoms in total. The molecule has 0 bridgehead atoms. The van der Waals surface area contributed by atoms with Crippen molar-refractivity contribution in [2.45, 2.75) is 18.7 Å². The van der Waals surface area contributed by atoms with Crippen LogP contribution in [0.3, 0.4) is 0 Å². The fourth-order valence-electron chi connectivity index (χ4n) is 1.44. The topological polar surface area (TPSA) is 65.1 Å². The highest BCUT2D eigenvalue weighted by atomic mass is 32.5. The van der Waals surface area contributed by atoms with Gasteiger partial charge in [-0.05, 0) is 26.0 Å². The number of hydrogen-bond acceptors (Lipinski definition) is 6. The fraction of sp³-hybridized carbons (Fsp3) is 0.500. The maximum absolute atomic E-state index is 12.1. The molecule has 21 heavy (non-hydrogen) atoms. The molecule has 0 heterocycles. The van der Waals surface area contributed by atoms with Gasteiger partial charge in [0.05, 0.1) is 18.1 Å². The highest BCUT2D eigenvalue weighted by Crippen LogP contribution is 2.49. The lowest BCUT2D eigenvalue weighted by atomic mass is 10.3. The second-order valence-corrected chi connectivity index (χ2v) is 9.22. The SMILES string of the molecule is CCOP(=S)(OCC)Oc1cccc(S(=O)(=O)N(C)C)c1. The number of benzene rings is 1. The van der Waals surface area contributed by atoms with Gasteiger partial charge >= 0.3 is 6.72 Å². The Morgan fingerprint density at radius 3 is 2.24 bits per heavy atom. The monoisotopic (exact) mass is 353 g/mol. The second kappa shape index (κ2) is 7.67. The van der Waals surface area contributed by atoms with Crippen LogP contribution in [0.15, 0.2) is 29.2 Å². The van der Waals surface area contributed by atoms with Crippen LogP contribution in [-0.4, -0.2) is 40.0 Å². The minimum absolute atomic E-state index is 0.125. The number of sulfonamides is 1. The summed E-state index contributed by atoms with van der Waals surface area (Å²) in [7, 11) is -0.598. The van der Waals surface area contributed by atoms with Crippen LogP contribution >= 0.6 is 6.72 Å². The summed E-state index contributed by atoms with van der Waals surface area (Å²) in [6.45, 7) is 1.37. The van der Waals surface area contributed by atoms with E-state index in [1.54, 1.807) is 26.0 Å². The third-order valence-electron chi connectivity index (χ3n) is 2.38. The molecule has 0 atom stereocenters. The van der Waals surface area contributed by atoms with Gasteiger partial charge < -0.3 is 4.52 Å². The van der Waals surface area contributed by atoms with Gasteiger partial charge in [0.15, 0.2) is 0 Å². The molecule has 9 heteroatoms. The van der Waals surface area contributed by atoms with E-state index in [9.17, 15) is 8.42 Å². The minimum Gasteiger partial charge on any atom is -0.424 e. The van der Waals surface area contributed by atoms with Crippen LogP contribution < -0.4 is 4.52 Å². The molecule has 0 amide bonds. The molecule has 0 aliphatic heterocycles. The zero-order valence-electron chi connectivity index (χ0n) is 12.5. The predicted octanol–water partition coefficient (Wildman–Crippen LogP) is 2.61. The lowest BCUT2D eigenvalue weighted by Gasteiger charge is -2.21. The Hall–Kier alpha value is -0.500. The molecule has 0 aromatic heterocycles. The summed E-state index contributed by atoms with van der Waals surface area (Å²) in [5.41, 5.74) is 0. The molecule has 1 aromatic rings. The molecular weight excluding hydrogens is 333 g/mol. The van der Waals surface area contributed by atoms with Crippen molar-refractivity contribution in [3.63, 3.8) is 0 Å². The van der Waals surface area contributed by atoms with Gasteiger partial charge in [0, 0.05) is 32.0 Å². The molecule has 0 aliphatic carbocycles. The summed E-state index contributed by atoms with van der Waals surface area (Å²) in [6.07, 6.45) is 0. The van der Waals surface area contributed by atoms with Crippen LogP contribution in [0.5, 0.6) is 5.75 Å². The normalized spacial score (nSPS) is 12.6. The summed E-state index contributed by atoms with van der Waals surface area (Å²) in [5.74, 6) is 0.308. The summed E-state index contributed by atoms with van der Waals surface area (Å²) in [5, 5.41) is 0. The number of nitrogens with zero attached hydrogens (tertiary/aromatic N) is 1. The molecule has 0 spiro atoms. The van der Waals surface area contributed by atoms with Gasteiger partial charge in [-0.15, -0.1) is 0 Å². The Bertz CT molecular complexity index is 608. The standard InChI is InChI=1S/C12H20NO5PS2/c1-5-16-19(20,17-6-2)18-11-8-7-9-12(10-11)21(14,15)13(3)4/h7-10H,5-6H2,1-4H3. The van der Waals surface area contributed by atoms with Crippen molar-refractivity contribution in [2.24, 2.45) is 0 Å². The first-order chi connectivity index (χ1) is 9.75. The molecule has 0 fully saturated rings. The molecule has 0 saturated carbocycles. The van der Waals surface area contributed by atoms with E-state index < -0.39 is 16.7 Å². The van der Waals surface area contributed by atoms with Crippen molar-refractivity contribution in [2.75, 3.05) is 27.3 Å². The van der Waals surface area contributed by atoms with Crippen LogP contribution in [0, 0.1) is 0 Å². The molecule has 0 aliphatic rings. The van der Waals surface area contributed by atoms with Gasteiger partial charge in [0.25, 0.3) is 0 Å². The maximum atomic E-state index is 12.1. The van der Waals surface area contributed by atoms with Crippen LogP contribution in [0.2, 0.25) is 0 Å². The van der Waals surface area contributed by atoms with E-state index in [-0.39, 0.29) is 4.90 Å². The van der Waals surface area contributed by atoms with Gasteiger partial charge in [0.2, 0.25) is 10.0 Å². The van der Waals surface area contributed by atoms with Crippen LogP contribution in [0.4, 0.5) is 0 Å². The minimum atomic E-state index is -3.53. The van der Waals surface area contributed by atoms with E-state index >= 15 is 0 Å². The number of hydrogen-bond donors (Lipinski definition) is 0. The van der Waals surface area contributed by atoms with E-state index in [1.165, 1.54) is 26.2 Å². The quantitative estimate of drug-likeness (QED) is 0.670. The largest absolute Gasteiger partial charge is 0.424 e. The Balaban J connectivity index is 3.08. The van der Waals surface area contributed by atoms with E-state index in [4.69, 9.17) is 25.4 Å². The van der Waals surface area contributed by atoms with Gasteiger partial charge in [-0.25, -0.2) is 12.7 Å². The Labute approximate surface area is 131 Å². The molecule has 0 N–H and O–H groups in total. The molecule has 0 unspecified atom stereocenters. The Morgan fingerprint density at radius 2 is 1.76 bits per heavy atom. The van der Waals surface area contributed by atoms with Gasteiger partial charge in [0.1, 0.15) is 5.75 Å². The molecule has 0 radical (unpaired) electrons. The molecule has 0 saturated heterocycles. The predicted molar refractivity (Wildman–Crippen MR) is 85.5 cm³/mol. The average molecular weight is 353 g/mol. The van der Waals surface area contributed by atoms with Crippen LogP contribution in [0.25, 0.3) is 0 Å². The molecule has 1 aromatic carbocycles. The van der Waals surface area contributed by atoms with Crippen molar-refractivity contribution in [1.29, 1.82) is 0 Å². The lowest BCUT2D eigenvalue weighted by Crippen LogP contribution is -2.22. The zero-order chi connectivity index (χ0) is 16.1. The van der Waals surface area contributed by atoms with E-state index in [0.29, 0.717) is 19.0 Å². The van der Waals surface area contributed by atoms with Crippen molar-refractivity contribution < 1.29 is 22.0 Å². The molecular formula is C12H20NO5PS2. The second-order valence-electron chi connectivity index (χ2n) is 4.14. The summed E-state index contributed by atoms with van der Waals surface area (Å²) >= 11 is 5.26. The highest BCUT2D eigenvalue weighted by molar-refractivity contribution is 8.07. The summed E-state index contributed by atoms with van der Waals surface area (Å²) < 4.78 is 41.7. The van der Waals surface area contributed by atoms with Crippen molar-refractivity contribution in [3.8, 4) is 5.75 Å². The molecule has 1 rings (SSSR count). The first-order valence-electron chi connectivity index (χ1n) is 6.36. The summed E-state index contributed by atoms with van der Waals surface area (Å²) in [4.78, 5) is 0.125. The zero-order valence-corrected chi connectivity index (χ0v) is 15.0. The lowest BCUT2D eigenvalue weighted by molar-refractivity contribution is 0.217. The van der Waals surface area contributed by atoms with Crippen LogP contribution in [0.1, 0.15) is 13.8 Å². The van der Waals surface area contributed by atoms with Crippen LogP contribution in [-0.2, 0) is 30.9 Å². The van der Waals surface area contributed by atoms with E-state index in [1.807, 2.05) is 0 Å². The third-order valence-corrected chi connectivity index (χ3v) is 6.63. The third kappa shape index (κ3) is 5.02. The van der Waals surface area contributed by atoms with E-state index in [2.05, 4.69) is 0 Å². The van der Waals surface area contributed by atoms with Gasteiger partial charge in [-0.2, -0.15) is 0 Å². The average Bonchev–Trinajstić information content (AvgIpc) is 2.39. The Morgan fingerprint density at radius 1 is 1.19 bits per heavy atom. The maximum Gasteiger partial charge on any atom is 0.380 e. The van der Waals surface area contributed by atoms with Crippen molar-refractivity contribution in [1.82, 2.24) is 4.31 Å². The van der Waals surface area contributed by atoms with Gasteiger partial charge in [-0.3, -0.25) is 9.05 Å². The highest BCUT2D eigenvalue weighted by Gasteiger charge is 2.23. The molecule has 120 valence electrons. The first-order valence-corrected chi connectivity index (χ1v) is 10.4. The Kier molecular flexibility index (Phi) is 6.77. The van der Waals surface area contributed by atoms with E-state index in [0.717, 1.165) is 4.31 Å². The first kappa shape index (κ1) is 18.5. The number of rotatable bonds is 8. The van der Waals surface area contributed by atoms with Gasteiger partial charge in [-0.1, -0.05) is 6.07 Å². The summed E-state index contributed by atoms with van der Waals surface area (Å²) in [6, 6.07) is 6.11. The van der Waals surface area contributed by atoms with Crippen molar-refractivity contribution in [3.05, 3.63) is 24.3 Å². The van der Waals surface area contributed by atoms with Crippen molar-refractivity contribution >= 4 is 28.5 Å².